The molecule has 2 aliphatic heterocycles. The van der Waals surface area contributed by atoms with Crippen LogP contribution in [0.3, 0.4) is 0 Å². The standard InChI is InChI=1S/C22H22F3NO4/c23-22(24,25)14-28-13-15-3-5-16(6-4-15)21(27)26-9-1-2-18(26)17-7-8-19-20(12-17)30-11-10-29-19/h3-8,12,18H,1-2,9-11,13-14H2. The lowest BCUT2D eigenvalue weighted by atomic mass is 10.0. The van der Waals surface area contributed by atoms with Gasteiger partial charge in [-0.2, -0.15) is 13.2 Å². The molecule has 0 aromatic heterocycles. The van der Waals surface area contributed by atoms with Crippen LogP contribution in [0.4, 0.5) is 13.2 Å². The average Bonchev–Trinajstić information content (AvgIpc) is 3.22. The zero-order valence-electron chi connectivity index (χ0n) is 16.3. The van der Waals surface area contributed by atoms with Crippen LogP contribution in [-0.4, -0.2) is 43.3 Å². The molecule has 0 radical (unpaired) electrons. The smallest absolute Gasteiger partial charge is 0.411 e. The molecular weight excluding hydrogens is 399 g/mol. The van der Waals surface area contributed by atoms with Crippen LogP contribution in [0.2, 0.25) is 0 Å². The van der Waals surface area contributed by atoms with Crippen molar-refractivity contribution in [2.24, 2.45) is 0 Å². The largest absolute Gasteiger partial charge is 0.486 e. The fourth-order valence-electron chi connectivity index (χ4n) is 3.82. The van der Waals surface area contributed by atoms with Gasteiger partial charge in [0.1, 0.15) is 19.8 Å². The number of amides is 1. The first-order valence-corrected chi connectivity index (χ1v) is 9.85. The highest BCUT2D eigenvalue weighted by Gasteiger charge is 2.31. The second-order valence-corrected chi connectivity index (χ2v) is 7.36. The Morgan fingerprint density at radius 2 is 1.80 bits per heavy atom. The third-order valence-corrected chi connectivity index (χ3v) is 5.20. The van der Waals surface area contributed by atoms with Crippen LogP contribution in [0.25, 0.3) is 0 Å². The van der Waals surface area contributed by atoms with E-state index in [-0.39, 0.29) is 18.6 Å². The summed E-state index contributed by atoms with van der Waals surface area (Å²) < 4.78 is 52.4. The second-order valence-electron chi connectivity index (χ2n) is 7.36. The van der Waals surface area contributed by atoms with Gasteiger partial charge in [0.05, 0.1) is 12.6 Å². The van der Waals surface area contributed by atoms with Gasteiger partial charge >= 0.3 is 6.18 Å². The van der Waals surface area contributed by atoms with E-state index in [0.717, 1.165) is 18.4 Å². The van der Waals surface area contributed by atoms with Crippen LogP contribution < -0.4 is 9.47 Å². The van der Waals surface area contributed by atoms with Gasteiger partial charge in [-0.25, -0.2) is 0 Å². The number of halogens is 3. The topological polar surface area (TPSA) is 48.0 Å². The van der Waals surface area contributed by atoms with E-state index in [2.05, 4.69) is 4.74 Å². The molecular formula is C22H22F3NO4. The highest BCUT2D eigenvalue weighted by atomic mass is 19.4. The Labute approximate surface area is 172 Å². The Bertz CT molecular complexity index is 898. The van der Waals surface area contributed by atoms with Crippen LogP contribution >= 0.6 is 0 Å². The fourth-order valence-corrected chi connectivity index (χ4v) is 3.82. The van der Waals surface area contributed by atoms with Crippen molar-refractivity contribution in [2.75, 3.05) is 26.4 Å². The van der Waals surface area contributed by atoms with Crippen molar-refractivity contribution in [3.8, 4) is 11.5 Å². The summed E-state index contributed by atoms with van der Waals surface area (Å²) in [6, 6.07) is 12.2. The zero-order chi connectivity index (χ0) is 21.1. The average molecular weight is 421 g/mol. The van der Waals surface area contributed by atoms with Gasteiger partial charge in [-0.15, -0.1) is 0 Å². The molecule has 0 bridgehead atoms. The highest BCUT2D eigenvalue weighted by molar-refractivity contribution is 5.94. The van der Waals surface area contributed by atoms with E-state index < -0.39 is 12.8 Å². The van der Waals surface area contributed by atoms with E-state index in [0.29, 0.717) is 42.4 Å². The van der Waals surface area contributed by atoms with Gasteiger partial charge in [0.15, 0.2) is 11.5 Å². The van der Waals surface area contributed by atoms with Crippen LogP contribution in [0, 0.1) is 0 Å². The first-order valence-electron chi connectivity index (χ1n) is 9.85. The van der Waals surface area contributed by atoms with Gasteiger partial charge in [0.2, 0.25) is 0 Å². The maximum absolute atomic E-state index is 13.1. The SMILES string of the molecule is O=C(c1ccc(COCC(F)(F)F)cc1)N1CCCC1c1ccc2c(c1)OCCO2. The Morgan fingerprint density at radius 3 is 2.53 bits per heavy atom. The van der Waals surface area contributed by atoms with Gasteiger partial charge in [-0.3, -0.25) is 4.79 Å². The zero-order valence-corrected chi connectivity index (χ0v) is 16.3. The summed E-state index contributed by atoms with van der Waals surface area (Å²) in [5.74, 6) is 1.31. The Hall–Kier alpha value is -2.74. The summed E-state index contributed by atoms with van der Waals surface area (Å²) in [7, 11) is 0. The number of carbonyl (C=O) groups is 1. The molecule has 2 aromatic rings. The van der Waals surface area contributed by atoms with Crippen molar-refractivity contribution in [1.29, 1.82) is 0 Å². The molecule has 1 atom stereocenters. The van der Waals surface area contributed by atoms with E-state index in [9.17, 15) is 18.0 Å². The minimum atomic E-state index is -4.35. The molecule has 1 amide bonds. The van der Waals surface area contributed by atoms with Crippen molar-refractivity contribution in [3.63, 3.8) is 0 Å². The molecule has 5 nitrogen and oxygen atoms in total. The van der Waals surface area contributed by atoms with E-state index >= 15 is 0 Å². The van der Waals surface area contributed by atoms with Crippen LogP contribution in [-0.2, 0) is 11.3 Å². The summed E-state index contributed by atoms with van der Waals surface area (Å²) in [5.41, 5.74) is 2.09. The van der Waals surface area contributed by atoms with Crippen LogP contribution in [0.1, 0.15) is 40.4 Å². The predicted octanol–water partition coefficient (Wildman–Crippen LogP) is 4.51. The number of carbonyl (C=O) groups excluding carboxylic acids is 1. The molecule has 2 heterocycles. The van der Waals surface area contributed by atoms with E-state index in [1.807, 2.05) is 23.1 Å². The highest BCUT2D eigenvalue weighted by Crippen LogP contribution is 2.38. The van der Waals surface area contributed by atoms with Gasteiger partial charge in [0, 0.05) is 12.1 Å². The third-order valence-electron chi connectivity index (χ3n) is 5.20. The summed E-state index contributed by atoms with van der Waals surface area (Å²) in [6.07, 6.45) is -2.60. The van der Waals surface area contributed by atoms with E-state index in [1.165, 1.54) is 0 Å². The minimum absolute atomic E-state index is 0.0527. The summed E-state index contributed by atoms with van der Waals surface area (Å²) >= 11 is 0. The number of nitrogens with zero attached hydrogens (tertiary/aromatic N) is 1. The lowest BCUT2D eigenvalue weighted by molar-refractivity contribution is -0.176. The molecule has 160 valence electrons. The Balaban J connectivity index is 1.43. The molecule has 0 N–H and O–H groups in total. The number of hydrogen-bond acceptors (Lipinski definition) is 4. The van der Waals surface area contributed by atoms with Crippen molar-refractivity contribution < 1.29 is 32.2 Å². The van der Waals surface area contributed by atoms with Gasteiger partial charge < -0.3 is 19.1 Å². The minimum Gasteiger partial charge on any atom is -0.486 e. The molecule has 30 heavy (non-hydrogen) atoms. The van der Waals surface area contributed by atoms with Gasteiger partial charge in [-0.1, -0.05) is 18.2 Å². The number of benzene rings is 2. The van der Waals surface area contributed by atoms with Crippen molar-refractivity contribution >= 4 is 5.91 Å². The molecule has 2 aromatic carbocycles. The quantitative estimate of drug-likeness (QED) is 0.713. The molecule has 1 saturated heterocycles. The van der Waals surface area contributed by atoms with Crippen molar-refractivity contribution in [1.82, 2.24) is 4.90 Å². The summed E-state index contributed by atoms with van der Waals surface area (Å²) in [4.78, 5) is 14.9. The number of ether oxygens (including phenoxy) is 3. The second kappa shape index (κ2) is 8.55. The molecule has 4 rings (SSSR count). The van der Waals surface area contributed by atoms with Gasteiger partial charge in [-0.05, 0) is 48.2 Å². The first kappa shape index (κ1) is 20.5. The molecule has 1 unspecified atom stereocenters. The number of likely N-dealkylation sites (tertiary alicyclic amines) is 1. The maximum atomic E-state index is 13.1. The summed E-state index contributed by atoms with van der Waals surface area (Å²) in [5, 5.41) is 0. The van der Waals surface area contributed by atoms with E-state index in [1.54, 1.807) is 24.3 Å². The first-order chi connectivity index (χ1) is 14.4. The number of rotatable bonds is 5. The monoisotopic (exact) mass is 421 g/mol. The van der Waals surface area contributed by atoms with Crippen LogP contribution in [0.5, 0.6) is 11.5 Å². The van der Waals surface area contributed by atoms with Crippen LogP contribution in [0.15, 0.2) is 42.5 Å². The number of alkyl halides is 3. The molecule has 0 aliphatic carbocycles. The van der Waals surface area contributed by atoms with E-state index in [4.69, 9.17) is 9.47 Å². The number of fused-ring (bicyclic) bond motifs is 1. The molecule has 8 heteroatoms. The van der Waals surface area contributed by atoms with Crippen molar-refractivity contribution in [2.45, 2.75) is 31.7 Å². The Morgan fingerprint density at radius 1 is 1.07 bits per heavy atom. The molecule has 0 saturated carbocycles. The summed E-state index contributed by atoms with van der Waals surface area (Å²) in [6.45, 7) is 0.227. The predicted molar refractivity (Wildman–Crippen MR) is 103 cm³/mol. The molecule has 1 fully saturated rings. The number of hydrogen-bond donors (Lipinski definition) is 0. The lowest BCUT2D eigenvalue weighted by Gasteiger charge is -2.27. The normalized spacial score (nSPS) is 18.5. The molecule has 2 aliphatic rings. The molecule has 0 spiro atoms. The maximum Gasteiger partial charge on any atom is 0.411 e. The van der Waals surface area contributed by atoms with Gasteiger partial charge in [0.25, 0.3) is 5.91 Å². The lowest BCUT2D eigenvalue weighted by Crippen LogP contribution is -2.30. The Kier molecular flexibility index (Phi) is 5.85. The third kappa shape index (κ3) is 4.70. The van der Waals surface area contributed by atoms with Crippen molar-refractivity contribution in [3.05, 3.63) is 59.2 Å². The fraction of sp³-hybridized carbons (Fsp3) is 0.409.